The van der Waals surface area contributed by atoms with Gasteiger partial charge in [0.2, 0.25) is 5.28 Å². The van der Waals surface area contributed by atoms with Crippen LogP contribution in [0.3, 0.4) is 0 Å². The molecule has 0 unspecified atom stereocenters. The fourth-order valence-electron chi connectivity index (χ4n) is 1.61. The lowest BCUT2D eigenvalue weighted by atomic mass is 10.2. The van der Waals surface area contributed by atoms with E-state index in [1.165, 1.54) is 12.8 Å². The van der Waals surface area contributed by atoms with Crippen LogP contribution < -0.4 is 4.90 Å². The van der Waals surface area contributed by atoms with Crippen molar-refractivity contribution < 1.29 is 0 Å². The molecule has 0 saturated heterocycles. The lowest BCUT2D eigenvalue weighted by Gasteiger charge is -2.27. The van der Waals surface area contributed by atoms with Crippen LogP contribution in [0.5, 0.6) is 0 Å². The van der Waals surface area contributed by atoms with Crippen LogP contribution in [0.1, 0.15) is 40.0 Å². The van der Waals surface area contributed by atoms with Gasteiger partial charge in [-0.05, 0) is 31.9 Å². The molecule has 0 fully saturated rings. The first-order chi connectivity index (χ1) is 8.06. The predicted molar refractivity (Wildman–Crippen MR) is 71.9 cm³/mol. The Bertz CT molecular complexity index is 357. The fraction of sp³-hybridized carbons (Fsp3) is 0.727. The summed E-state index contributed by atoms with van der Waals surface area (Å²) in [4.78, 5) is 6.27. The van der Waals surface area contributed by atoms with Crippen molar-refractivity contribution in [3.63, 3.8) is 0 Å². The molecule has 0 saturated carbocycles. The molecule has 0 radical (unpaired) electrons. The van der Waals surface area contributed by atoms with Gasteiger partial charge in [0, 0.05) is 12.6 Å². The zero-order chi connectivity index (χ0) is 12.8. The van der Waals surface area contributed by atoms with E-state index in [-0.39, 0.29) is 5.28 Å². The Morgan fingerprint density at radius 1 is 1.18 bits per heavy atom. The number of aromatic nitrogens is 3. The van der Waals surface area contributed by atoms with Gasteiger partial charge in [0.05, 0.1) is 0 Å². The van der Waals surface area contributed by atoms with Gasteiger partial charge in [-0.15, -0.1) is 10.2 Å². The van der Waals surface area contributed by atoms with Crippen molar-refractivity contribution in [2.45, 2.75) is 46.1 Å². The maximum Gasteiger partial charge on any atom is 0.245 e. The summed E-state index contributed by atoms with van der Waals surface area (Å²) in [5, 5.41) is 7.85. The third-order valence-corrected chi connectivity index (χ3v) is 2.91. The highest BCUT2D eigenvalue weighted by Crippen LogP contribution is 2.23. The smallest absolute Gasteiger partial charge is 0.245 e. The Kier molecular flexibility index (Phi) is 5.92. The molecule has 0 amide bonds. The van der Waals surface area contributed by atoms with Crippen LogP contribution in [0.4, 0.5) is 5.82 Å². The maximum absolute atomic E-state index is 6.01. The Morgan fingerprint density at radius 3 is 2.47 bits per heavy atom. The Labute approximate surface area is 112 Å². The van der Waals surface area contributed by atoms with Crippen LogP contribution >= 0.6 is 23.2 Å². The van der Waals surface area contributed by atoms with Crippen LogP contribution in [0, 0.1) is 0 Å². The summed E-state index contributed by atoms with van der Waals surface area (Å²) in [5.74, 6) is 0.623. The van der Waals surface area contributed by atoms with Gasteiger partial charge in [-0.2, -0.15) is 4.98 Å². The van der Waals surface area contributed by atoms with Crippen LogP contribution in [0.2, 0.25) is 10.4 Å². The van der Waals surface area contributed by atoms with E-state index < -0.39 is 0 Å². The monoisotopic (exact) mass is 276 g/mol. The van der Waals surface area contributed by atoms with E-state index in [0.29, 0.717) is 17.0 Å². The standard InChI is InChI=1S/C11H18Cl2N4/c1-4-5-6-7-17(8(2)3)10-9(12)15-16-11(13)14-10/h8H,4-7H2,1-3H3. The minimum atomic E-state index is 0.130. The summed E-state index contributed by atoms with van der Waals surface area (Å²) < 4.78 is 0. The third-order valence-electron chi connectivity index (χ3n) is 2.50. The molecule has 96 valence electrons. The average Bonchev–Trinajstić information content (AvgIpc) is 2.28. The molecular formula is C11H18Cl2N4. The van der Waals surface area contributed by atoms with E-state index in [1.807, 2.05) is 0 Å². The molecule has 1 aromatic rings. The normalized spacial score (nSPS) is 10.9. The maximum atomic E-state index is 6.01. The van der Waals surface area contributed by atoms with Crippen LogP contribution in [0.25, 0.3) is 0 Å². The van der Waals surface area contributed by atoms with Gasteiger partial charge < -0.3 is 4.90 Å². The molecule has 0 aliphatic carbocycles. The van der Waals surface area contributed by atoms with E-state index in [1.54, 1.807) is 0 Å². The van der Waals surface area contributed by atoms with Crippen LogP contribution in [-0.4, -0.2) is 27.8 Å². The number of hydrogen-bond acceptors (Lipinski definition) is 4. The lowest BCUT2D eigenvalue weighted by Crippen LogP contribution is -2.33. The first-order valence-corrected chi connectivity index (χ1v) is 6.64. The van der Waals surface area contributed by atoms with Crippen molar-refractivity contribution in [1.29, 1.82) is 0 Å². The van der Waals surface area contributed by atoms with E-state index in [4.69, 9.17) is 23.2 Å². The number of unbranched alkanes of at least 4 members (excludes halogenated alkanes) is 2. The Balaban J connectivity index is 2.85. The first-order valence-electron chi connectivity index (χ1n) is 5.88. The number of nitrogens with zero attached hydrogens (tertiary/aromatic N) is 4. The molecule has 6 heteroatoms. The Hall–Kier alpha value is -0.610. The van der Waals surface area contributed by atoms with E-state index >= 15 is 0 Å². The molecule has 0 aromatic carbocycles. The number of hydrogen-bond donors (Lipinski definition) is 0. The summed E-state index contributed by atoms with van der Waals surface area (Å²) in [6.07, 6.45) is 3.47. The van der Waals surface area contributed by atoms with Crippen molar-refractivity contribution in [1.82, 2.24) is 15.2 Å². The molecule has 0 aliphatic heterocycles. The summed E-state index contributed by atoms with van der Waals surface area (Å²) in [6.45, 7) is 7.27. The molecule has 0 aliphatic rings. The zero-order valence-corrected chi connectivity index (χ0v) is 12.0. The van der Waals surface area contributed by atoms with Gasteiger partial charge in [0.25, 0.3) is 0 Å². The van der Waals surface area contributed by atoms with Gasteiger partial charge in [0.15, 0.2) is 11.0 Å². The topological polar surface area (TPSA) is 41.9 Å². The highest BCUT2D eigenvalue weighted by Gasteiger charge is 2.17. The quantitative estimate of drug-likeness (QED) is 0.745. The van der Waals surface area contributed by atoms with Crippen LogP contribution in [0.15, 0.2) is 0 Å². The highest BCUT2D eigenvalue weighted by atomic mass is 35.5. The average molecular weight is 277 g/mol. The van der Waals surface area contributed by atoms with Gasteiger partial charge in [-0.3, -0.25) is 0 Å². The molecule has 1 aromatic heterocycles. The van der Waals surface area contributed by atoms with Gasteiger partial charge >= 0.3 is 0 Å². The van der Waals surface area contributed by atoms with Gasteiger partial charge in [-0.25, -0.2) is 0 Å². The van der Waals surface area contributed by atoms with Crippen LogP contribution in [-0.2, 0) is 0 Å². The largest absolute Gasteiger partial charge is 0.351 e. The van der Waals surface area contributed by atoms with Crippen molar-refractivity contribution >= 4 is 29.0 Å². The minimum Gasteiger partial charge on any atom is -0.351 e. The van der Waals surface area contributed by atoms with Gasteiger partial charge in [-0.1, -0.05) is 31.4 Å². The second-order valence-electron chi connectivity index (χ2n) is 4.19. The summed E-state index contributed by atoms with van der Waals surface area (Å²) in [6, 6.07) is 0.303. The first kappa shape index (κ1) is 14.5. The molecule has 17 heavy (non-hydrogen) atoms. The molecule has 0 atom stereocenters. The lowest BCUT2D eigenvalue weighted by molar-refractivity contribution is 0.617. The predicted octanol–water partition coefficient (Wildman–Crippen LogP) is 3.58. The Morgan fingerprint density at radius 2 is 1.88 bits per heavy atom. The molecule has 0 spiro atoms. The summed E-state index contributed by atoms with van der Waals surface area (Å²) >= 11 is 11.8. The molecule has 1 rings (SSSR count). The second kappa shape index (κ2) is 6.97. The van der Waals surface area contributed by atoms with Crippen molar-refractivity contribution in [2.24, 2.45) is 0 Å². The summed E-state index contributed by atoms with van der Waals surface area (Å²) in [7, 11) is 0. The minimum absolute atomic E-state index is 0.130. The highest BCUT2D eigenvalue weighted by molar-refractivity contribution is 6.32. The molecule has 0 bridgehead atoms. The van der Waals surface area contributed by atoms with E-state index in [9.17, 15) is 0 Å². The molecule has 0 N–H and O–H groups in total. The number of halogens is 2. The van der Waals surface area contributed by atoms with E-state index in [2.05, 4.69) is 40.9 Å². The van der Waals surface area contributed by atoms with Crippen molar-refractivity contribution in [3.05, 3.63) is 10.4 Å². The molecule has 1 heterocycles. The number of rotatable bonds is 6. The third kappa shape index (κ3) is 4.28. The van der Waals surface area contributed by atoms with Crippen molar-refractivity contribution in [2.75, 3.05) is 11.4 Å². The zero-order valence-electron chi connectivity index (χ0n) is 10.5. The second-order valence-corrected chi connectivity index (χ2v) is 4.89. The molecular weight excluding hydrogens is 259 g/mol. The van der Waals surface area contributed by atoms with Gasteiger partial charge in [0.1, 0.15) is 0 Å². The molecule has 4 nitrogen and oxygen atoms in total. The number of anilines is 1. The van der Waals surface area contributed by atoms with E-state index in [0.717, 1.165) is 13.0 Å². The fourth-order valence-corrected chi connectivity index (χ4v) is 1.92. The summed E-state index contributed by atoms with van der Waals surface area (Å²) in [5.41, 5.74) is 0. The van der Waals surface area contributed by atoms with Crippen molar-refractivity contribution in [3.8, 4) is 0 Å². The SMILES string of the molecule is CCCCCN(c1nc(Cl)nnc1Cl)C(C)C.